The Kier molecular flexibility index (Phi) is 7.18. The first kappa shape index (κ1) is 24.8. The van der Waals surface area contributed by atoms with Gasteiger partial charge in [-0.15, -0.1) is 0 Å². The highest BCUT2D eigenvalue weighted by atomic mass is 79.9. The number of carboxylic acid groups (broad SMARTS) is 1. The monoisotopic (exact) mass is 559 g/mol. The van der Waals surface area contributed by atoms with Crippen LogP contribution in [0.1, 0.15) is 27.6 Å². The van der Waals surface area contributed by atoms with E-state index in [9.17, 15) is 19.5 Å². The van der Waals surface area contributed by atoms with Crippen LogP contribution in [0.2, 0.25) is 0 Å². The Bertz CT molecular complexity index is 1400. The summed E-state index contributed by atoms with van der Waals surface area (Å²) in [6.07, 6.45) is 1.23. The number of carboxylic acids is 1. The van der Waals surface area contributed by atoms with E-state index >= 15 is 4.39 Å². The molecule has 0 spiro atoms. The average Bonchev–Trinajstić information content (AvgIpc) is 2.84. The molecule has 182 valence electrons. The van der Waals surface area contributed by atoms with Crippen molar-refractivity contribution in [3.63, 3.8) is 0 Å². The lowest BCUT2D eigenvalue weighted by Gasteiger charge is -2.37. The van der Waals surface area contributed by atoms with Gasteiger partial charge in [0.25, 0.3) is 5.91 Å². The summed E-state index contributed by atoms with van der Waals surface area (Å²) >= 11 is 8.74. The Morgan fingerprint density at radius 2 is 1.89 bits per heavy atom. The summed E-state index contributed by atoms with van der Waals surface area (Å²) in [5.74, 6) is -2.53. The number of halogens is 2. The van der Waals surface area contributed by atoms with Crippen LogP contribution in [0.4, 0.5) is 10.1 Å². The Hall–Kier alpha value is -3.31. The highest BCUT2D eigenvalue weighted by Gasteiger charge is 2.24. The SMILES string of the molecule is CCn1cc(C(=O)[O-])c(=O)c2cc(F)c(N3CCN(C(=S)NC(=O)c4cccc(Br)c4)CC3)cc21. The van der Waals surface area contributed by atoms with Gasteiger partial charge in [-0.3, -0.25) is 14.9 Å². The number of carbonyl (C=O) groups is 2. The van der Waals surface area contributed by atoms with Crippen LogP contribution in [-0.4, -0.2) is 52.6 Å². The van der Waals surface area contributed by atoms with E-state index in [1.54, 1.807) is 35.8 Å². The first-order chi connectivity index (χ1) is 16.7. The van der Waals surface area contributed by atoms with Gasteiger partial charge in [-0.05, 0) is 49.5 Å². The van der Waals surface area contributed by atoms with Crippen LogP contribution in [0.3, 0.4) is 0 Å². The van der Waals surface area contributed by atoms with E-state index in [1.165, 1.54) is 6.20 Å². The van der Waals surface area contributed by atoms with E-state index in [0.717, 1.165) is 10.5 Å². The fourth-order valence-electron chi connectivity index (χ4n) is 4.08. The van der Waals surface area contributed by atoms with E-state index in [4.69, 9.17) is 12.2 Å². The zero-order valence-electron chi connectivity index (χ0n) is 18.7. The zero-order chi connectivity index (χ0) is 25.3. The van der Waals surface area contributed by atoms with E-state index < -0.39 is 22.8 Å². The molecule has 1 N–H and O–H groups in total. The van der Waals surface area contributed by atoms with E-state index in [1.807, 2.05) is 15.9 Å². The van der Waals surface area contributed by atoms with E-state index in [0.29, 0.717) is 54.6 Å². The number of pyridine rings is 1. The molecule has 1 saturated heterocycles. The predicted octanol–water partition coefficient (Wildman–Crippen LogP) is 2.12. The number of hydrogen-bond acceptors (Lipinski definition) is 6. The van der Waals surface area contributed by atoms with Crippen LogP contribution < -0.4 is 20.8 Å². The van der Waals surface area contributed by atoms with Crippen LogP contribution in [0.25, 0.3) is 10.9 Å². The topological polar surface area (TPSA) is 97.7 Å². The third-order valence-corrected chi connectivity index (χ3v) is 6.78. The van der Waals surface area contributed by atoms with Crippen LogP contribution in [0.5, 0.6) is 0 Å². The number of fused-ring (bicyclic) bond motifs is 1. The molecule has 0 unspecified atom stereocenters. The van der Waals surface area contributed by atoms with Crippen molar-refractivity contribution >= 4 is 61.7 Å². The van der Waals surface area contributed by atoms with Gasteiger partial charge in [0.1, 0.15) is 5.82 Å². The maximum Gasteiger partial charge on any atom is 0.257 e. The number of benzene rings is 2. The maximum atomic E-state index is 15.0. The molecule has 0 aliphatic carbocycles. The summed E-state index contributed by atoms with van der Waals surface area (Å²) in [5.41, 5.74) is -0.0466. The number of anilines is 1. The van der Waals surface area contributed by atoms with Gasteiger partial charge in [0.05, 0.1) is 22.7 Å². The largest absolute Gasteiger partial charge is 0.545 e. The van der Waals surface area contributed by atoms with Gasteiger partial charge in [0.2, 0.25) is 0 Å². The smallest absolute Gasteiger partial charge is 0.257 e. The minimum Gasteiger partial charge on any atom is -0.545 e. The molecule has 1 aliphatic rings. The van der Waals surface area contributed by atoms with Crippen LogP contribution in [-0.2, 0) is 6.54 Å². The van der Waals surface area contributed by atoms with Crippen molar-refractivity contribution in [1.29, 1.82) is 0 Å². The number of thiocarbonyl (C=S) groups is 1. The van der Waals surface area contributed by atoms with Gasteiger partial charge < -0.3 is 24.3 Å². The second-order valence-corrected chi connectivity index (χ2v) is 9.31. The van der Waals surface area contributed by atoms with Crippen molar-refractivity contribution in [2.75, 3.05) is 31.1 Å². The van der Waals surface area contributed by atoms with E-state index in [-0.39, 0.29) is 11.3 Å². The lowest BCUT2D eigenvalue weighted by Crippen LogP contribution is -2.52. The number of rotatable bonds is 4. The molecule has 1 aromatic heterocycles. The molecule has 0 bridgehead atoms. The molecule has 0 saturated carbocycles. The first-order valence-electron chi connectivity index (χ1n) is 10.9. The summed E-state index contributed by atoms with van der Waals surface area (Å²) in [6.45, 7) is 3.97. The molecule has 11 heteroatoms. The number of aryl methyl sites for hydroxylation is 1. The quantitative estimate of drug-likeness (QED) is 0.489. The molecular weight excluding hydrogens is 539 g/mol. The average molecular weight is 560 g/mol. The standard InChI is InChI=1S/C24H22BrFN4O4S/c1-2-28-13-17(23(33)34)21(31)16-11-18(26)20(12-19(16)28)29-6-8-30(9-7-29)24(35)27-22(32)14-4-3-5-15(25)10-14/h3-5,10-13H,2,6-9H2,1H3,(H,33,34)(H,27,32,35)/p-1. The molecule has 1 aliphatic heterocycles. The number of nitrogens with zero attached hydrogens (tertiary/aromatic N) is 3. The number of carbonyl (C=O) groups excluding carboxylic acids is 2. The normalized spacial score (nSPS) is 13.7. The summed E-state index contributed by atoms with van der Waals surface area (Å²) in [4.78, 5) is 40.0. The molecule has 8 nitrogen and oxygen atoms in total. The minimum atomic E-state index is -1.59. The minimum absolute atomic E-state index is 0.00938. The molecule has 2 heterocycles. The van der Waals surface area contributed by atoms with Gasteiger partial charge in [-0.1, -0.05) is 22.0 Å². The van der Waals surface area contributed by atoms with Gasteiger partial charge in [0, 0.05) is 54.3 Å². The molecule has 2 aromatic carbocycles. The number of amides is 1. The van der Waals surface area contributed by atoms with Crippen molar-refractivity contribution in [2.24, 2.45) is 0 Å². The van der Waals surface area contributed by atoms with Crippen molar-refractivity contribution in [3.8, 4) is 0 Å². The molecule has 3 aromatic rings. The highest BCUT2D eigenvalue weighted by molar-refractivity contribution is 9.10. The third-order valence-electron chi connectivity index (χ3n) is 5.92. The predicted molar refractivity (Wildman–Crippen MR) is 136 cm³/mol. The van der Waals surface area contributed by atoms with Crippen molar-refractivity contribution < 1.29 is 19.1 Å². The van der Waals surface area contributed by atoms with Gasteiger partial charge in [-0.25, -0.2) is 4.39 Å². The third kappa shape index (κ3) is 5.06. The summed E-state index contributed by atoms with van der Waals surface area (Å²) in [5, 5.41) is 14.3. The Morgan fingerprint density at radius 1 is 1.17 bits per heavy atom. The Balaban J connectivity index is 1.51. The van der Waals surface area contributed by atoms with Crippen LogP contribution >= 0.6 is 28.1 Å². The number of hydrogen-bond donors (Lipinski definition) is 1. The molecule has 1 fully saturated rings. The molecule has 1 amide bonds. The molecule has 0 atom stereocenters. The second-order valence-electron chi connectivity index (χ2n) is 8.01. The zero-order valence-corrected chi connectivity index (χ0v) is 21.1. The number of nitrogens with one attached hydrogen (secondary N) is 1. The van der Waals surface area contributed by atoms with Crippen molar-refractivity contribution in [2.45, 2.75) is 13.5 Å². The second kappa shape index (κ2) is 10.1. The van der Waals surface area contributed by atoms with Gasteiger partial charge in [0.15, 0.2) is 10.5 Å². The van der Waals surface area contributed by atoms with Crippen molar-refractivity contribution in [3.05, 3.63) is 74.2 Å². The first-order valence-corrected chi connectivity index (χ1v) is 12.1. The van der Waals surface area contributed by atoms with Crippen LogP contribution in [0.15, 0.2) is 51.9 Å². The number of aromatic carboxylic acids is 1. The summed E-state index contributed by atoms with van der Waals surface area (Å²) in [7, 11) is 0. The molecule has 35 heavy (non-hydrogen) atoms. The molecule has 4 rings (SSSR count). The van der Waals surface area contributed by atoms with Gasteiger partial charge in [-0.2, -0.15) is 0 Å². The number of aromatic nitrogens is 1. The Labute approximate surface area is 214 Å². The van der Waals surface area contributed by atoms with Crippen LogP contribution in [0, 0.1) is 5.82 Å². The fourth-order valence-corrected chi connectivity index (χ4v) is 4.75. The molecular formula is C24H21BrFN4O4S-. The van der Waals surface area contributed by atoms with Crippen molar-refractivity contribution in [1.82, 2.24) is 14.8 Å². The van der Waals surface area contributed by atoms with Gasteiger partial charge >= 0.3 is 0 Å². The summed E-state index contributed by atoms with van der Waals surface area (Å²) in [6, 6.07) is 9.62. The highest BCUT2D eigenvalue weighted by Crippen LogP contribution is 2.26. The lowest BCUT2D eigenvalue weighted by atomic mass is 10.1. The number of piperazine rings is 1. The lowest BCUT2D eigenvalue weighted by molar-refractivity contribution is -0.255. The fraction of sp³-hybridized carbons (Fsp3) is 0.250. The summed E-state index contributed by atoms with van der Waals surface area (Å²) < 4.78 is 17.4. The maximum absolute atomic E-state index is 15.0. The Morgan fingerprint density at radius 3 is 2.51 bits per heavy atom. The molecule has 0 radical (unpaired) electrons. The van der Waals surface area contributed by atoms with E-state index in [2.05, 4.69) is 21.2 Å².